The third-order valence-corrected chi connectivity index (χ3v) is 4.06. The molecule has 0 unspecified atom stereocenters. The molecule has 0 aliphatic rings. The average molecular weight is 367 g/mol. The Bertz CT molecular complexity index is 904. The van der Waals surface area contributed by atoms with Crippen LogP contribution in [-0.2, 0) is 11.2 Å². The van der Waals surface area contributed by atoms with Gasteiger partial charge in [0, 0.05) is 24.1 Å². The van der Waals surface area contributed by atoms with Crippen LogP contribution in [0.5, 0.6) is 5.75 Å². The number of aromatic hydroxyl groups is 1. The van der Waals surface area contributed by atoms with Gasteiger partial charge < -0.3 is 10.4 Å². The molecule has 0 radical (unpaired) electrons. The van der Waals surface area contributed by atoms with Gasteiger partial charge >= 0.3 is 0 Å². The van der Waals surface area contributed by atoms with Crippen LogP contribution < -0.4 is 5.32 Å². The van der Waals surface area contributed by atoms with Crippen LogP contribution >= 0.6 is 11.6 Å². The molecule has 0 atom stereocenters. The molecule has 1 amide bonds. The van der Waals surface area contributed by atoms with E-state index in [1.54, 1.807) is 24.3 Å². The zero-order valence-corrected chi connectivity index (χ0v) is 15.2. The second-order valence-corrected chi connectivity index (χ2v) is 6.11. The molecule has 0 saturated heterocycles. The fraction of sp³-hybridized carbons (Fsp3) is 0.238. The molecule has 0 bridgehead atoms. The van der Waals surface area contributed by atoms with Crippen LogP contribution in [0.3, 0.4) is 0 Å². The monoisotopic (exact) mass is 366 g/mol. The van der Waals surface area contributed by atoms with E-state index in [1.165, 1.54) is 12.1 Å². The second kappa shape index (κ2) is 9.51. The fourth-order valence-corrected chi connectivity index (χ4v) is 2.68. The van der Waals surface area contributed by atoms with Crippen LogP contribution in [-0.4, -0.2) is 17.6 Å². The van der Waals surface area contributed by atoms with Gasteiger partial charge in [0.05, 0.1) is 16.7 Å². The molecular weight excluding hydrogens is 348 g/mol. The molecule has 0 aliphatic carbocycles. The van der Waals surface area contributed by atoms with Gasteiger partial charge in [-0.15, -0.1) is 0 Å². The average Bonchev–Trinajstić information content (AvgIpc) is 2.62. The van der Waals surface area contributed by atoms with E-state index >= 15 is 0 Å². The predicted molar refractivity (Wildman–Crippen MR) is 102 cm³/mol. The van der Waals surface area contributed by atoms with E-state index in [9.17, 15) is 9.90 Å². The first-order valence-corrected chi connectivity index (χ1v) is 8.71. The maximum absolute atomic E-state index is 11.6. The summed E-state index contributed by atoms with van der Waals surface area (Å²) >= 11 is 6.08. The van der Waals surface area contributed by atoms with Gasteiger partial charge in [-0.25, -0.2) is 0 Å². The number of hydrogen-bond acceptors (Lipinski definition) is 3. The van der Waals surface area contributed by atoms with Crippen molar-refractivity contribution in [2.75, 3.05) is 6.54 Å². The Balaban J connectivity index is 2.21. The smallest absolute Gasteiger partial charge is 0.219 e. The summed E-state index contributed by atoms with van der Waals surface area (Å²) in [6.45, 7) is 2.50. The Morgan fingerprint density at radius 1 is 1.19 bits per heavy atom. The van der Waals surface area contributed by atoms with Crippen LogP contribution in [0.15, 0.2) is 36.4 Å². The molecule has 0 heterocycles. The minimum absolute atomic E-state index is 0.0208. The first kappa shape index (κ1) is 19.4. The number of hydrogen-bond donors (Lipinski definition) is 2. The number of amides is 1. The molecule has 0 aliphatic heterocycles. The number of phenolic OH excluding ortho intramolecular Hbond substituents is 1. The van der Waals surface area contributed by atoms with E-state index in [1.807, 2.05) is 6.92 Å². The number of nitrogens with one attached hydrogen (secondary N) is 1. The zero-order valence-electron chi connectivity index (χ0n) is 14.5. The van der Waals surface area contributed by atoms with Crippen molar-refractivity contribution in [2.45, 2.75) is 26.2 Å². The van der Waals surface area contributed by atoms with E-state index in [4.69, 9.17) is 16.9 Å². The van der Waals surface area contributed by atoms with Crippen molar-refractivity contribution in [1.29, 1.82) is 5.26 Å². The molecule has 2 N–H and O–H groups in total. The SMILES string of the molecule is CCNC(=O)CCCc1cc(C#N)ccc1C#Cc1ccc(O)cc1Cl. The number of carbonyl (C=O) groups is 1. The summed E-state index contributed by atoms with van der Waals surface area (Å²) in [5.41, 5.74) is 2.90. The van der Waals surface area contributed by atoms with Gasteiger partial charge in [0.25, 0.3) is 0 Å². The Labute approximate surface area is 158 Å². The zero-order chi connectivity index (χ0) is 18.9. The van der Waals surface area contributed by atoms with Crippen LogP contribution in [0.1, 0.15) is 42.0 Å². The number of phenols is 1. The molecule has 0 spiro atoms. The van der Waals surface area contributed by atoms with Crippen LogP contribution in [0.2, 0.25) is 5.02 Å². The highest BCUT2D eigenvalue weighted by molar-refractivity contribution is 6.31. The van der Waals surface area contributed by atoms with Crippen LogP contribution in [0.25, 0.3) is 0 Å². The molecule has 0 aromatic heterocycles. The van der Waals surface area contributed by atoms with Crippen LogP contribution in [0.4, 0.5) is 0 Å². The summed E-state index contributed by atoms with van der Waals surface area (Å²) in [5.74, 6) is 6.19. The predicted octanol–water partition coefficient (Wildman–Crippen LogP) is 3.78. The van der Waals surface area contributed by atoms with Crippen molar-refractivity contribution >= 4 is 17.5 Å². The van der Waals surface area contributed by atoms with Gasteiger partial charge in [0.2, 0.25) is 5.91 Å². The Hall–Kier alpha value is -2.95. The number of halogens is 1. The highest BCUT2D eigenvalue weighted by atomic mass is 35.5. The minimum atomic E-state index is 0.0208. The van der Waals surface area contributed by atoms with Gasteiger partial charge in [0.15, 0.2) is 0 Å². The van der Waals surface area contributed by atoms with Gasteiger partial charge in [-0.1, -0.05) is 23.4 Å². The van der Waals surface area contributed by atoms with E-state index in [0.29, 0.717) is 42.0 Å². The summed E-state index contributed by atoms with van der Waals surface area (Å²) in [4.78, 5) is 11.6. The molecule has 132 valence electrons. The number of nitriles is 1. The largest absolute Gasteiger partial charge is 0.508 e. The molecule has 4 nitrogen and oxygen atoms in total. The number of nitrogens with zero attached hydrogens (tertiary/aromatic N) is 1. The number of carbonyl (C=O) groups excluding carboxylic acids is 1. The number of benzene rings is 2. The van der Waals surface area contributed by atoms with Crippen molar-refractivity contribution in [3.63, 3.8) is 0 Å². The lowest BCUT2D eigenvalue weighted by atomic mass is 9.99. The number of aryl methyl sites for hydroxylation is 1. The maximum atomic E-state index is 11.6. The quantitative estimate of drug-likeness (QED) is 0.791. The first-order valence-electron chi connectivity index (χ1n) is 8.33. The highest BCUT2D eigenvalue weighted by Crippen LogP contribution is 2.21. The molecule has 0 saturated carbocycles. The molecule has 0 fully saturated rings. The third kappa shape index (κ3) is 5.55. The van der Waals surface area contributed by atoms with Crippen molar-refractivity contribution in [3.8, 4) is 23.7 Å². The summed E-state index contributed by atoms with van der Waals surface area (Å²) in [7, 11) is 0. The van der Waals surface area contributed by atoms with E-state index in [2.05, 4.69) is 23.2 Å². The topological polar surface area (TPSA) is 73.1 Å². The number of rotatable bonds is 5. The molecule has 2 aromatic carbocycles. The third-order valence-electron chi connectivity index (χ3n) is 3.74. The molecule has 2 rings (SSSR count). The Kier molecular flexibility index (Phi) is 7.09. The first-order chi connectivity index (χ1) is 12.5. The van der Waals surface area contributed by atoms with Gasteiger partial charge in [-0.05, 0) is 61.7 Å². The minimum Gasteiger partial charge on any atom is -0.508 e. The summed E-state index contributed by atoms with van der Waals surface area (Å²) in [6, 6.07) is 12.1. The van der Waals surface area contributed by atoms with Crippen molar-refractivity contribution in [2.24, 2.45) is 0 Å². The molecular formula is C21H19ClN2O2. The lowest BCUT2D eigenvalue weighted by molar-refractivity contribution is -0.121. The van der Waals surface area contributed by atoms with Gasteiger partial charge in [0.1, 0.15) is 5.75 Å². The summed E-state index contributed by atoms with van der Waals surface area (Å²) in [6.07, 6.45) is 1.76. The Morgan fingerprint density at radius 3 is 2.62 bits per heavy atom. The molecule has 5 heteroatoms. The van der Waals surface area contributed by atoms with E-state index in [0.717, 1.165) is 11.1 Å². The summed E-state index contributed by atoms with van der Waals surface area (Å²) in [5, 5.41) is 21.7. The highest BCUT2D eigenvalue weighted by Gasteiger charge is 2.05. The van der Waals surface area contributed by atoms with Crippen molar-refractivity contribution in [3.05, 3.63) is 63.7 Å². The lowest BCUT2D eigenvalue weighted by Crippen LogP contribution is -2.22. The van der Waals surface area contributed by atoms with Gasteiger partial charge in [-0.2, -0.15) is 5.26 Å². The van der Waals surface area contributed by atoms with Crippen LogP contribution in [0, 0.1) is 23.2 Å². The van der Waals surface area contributed by atoms with Gasteiger partial charge in [-0.3, -0.25) is 4.79 Å². The fourth-order valence-electron chi connectivity index (χ4n) is 2.46. The Morgan fingerprint density at radius 2 is 1.92 bits per heavy atom. The summed E-state index contributed by atoms with van der Waals surface area (Å²) < 4.78 is 0. The maximum Gasteiger partial charge on any atom is 0.219 e. The van der Waals surface area contributed by atoms with E-state index in [-0.39, 0.29) is 11.7 Å². The van der Waals surface area contributed by atoms with Crippen molar-refractivity contribution < 1.29 is 9.90 Å². The van der Waals surface area contributed by atoms with Crippen molar-refractivity contribution in [1.82, 2.24) is 5.32 Å². The normalized spacial score (nSPS) is 9.73. The van der Waals surface area contributed by atoms with E-state index < -0.39 is 0 Å². The molecule has 2 aromatic rings. The lowest BCUT2D eigenvalue weighted by Gasteiger charge is -2.06. The molecule has 26 heavy (non-hydrogen) atoms. The standard InChI is InChI=1S/C21H19ClN2O2/c1-2-24-21(26)5-3-4-18-12-15(14-23)6-7-16(18)8-9-17-10-11-19(25)13-20(17)22/h6-7,10-13,25H,2-5H2,1H3,(H,24,26). The second-order valence-electron chi connectivity index (χ2n) is 5.70.